The molecule has 1 rings (SSSR count). The summed E-state index contributed by atoms with van der Waals surface area (Å²) < 4.78 is 16.3. The van der Waals surface area contributed by atoms with Crippen molar-refractivity contribution in [1.29, 1.82) is 0 Å². The van der Waals surface area contributed by atoms with Crippen LogP contribution < -0.4 is 5.32 Å². The molecule has 1 aromatic rings. The lowest BCUT2D eigenvalue weighted by Crippen LogP contribution is -2.48. The molecule has 0 spiro atoms. The minimum absolute atomic E-state index is 0.00853. The van der Waals surface area contributed by atoms with Crippen molar-refractivity contribution in [3.05, 3.63) is 24.0 Å². The Morgan fingerprint density at radius 2 is 1.39 bits per heavy atom. The zero-order valence-electron chi connectivity index (χ0n) is 21.1. The average molecular weight is 467 g/mol. The van der Waals surface area contributed by atoms with Crippen molar-refractivity contribution in [2.45, 2.75) is 98.0 Å². The molecule has 1 amide bonds. The van der Waals surface area contributed by atoms with Gasteiger partial charge in [0.15, 0.2) is 0 Å². The number of hydrogen-bond acceptors (Lipinski definition) is 8. The minimum Gasteiger partial charge on any atom is -0.506 e. The number of nitrogens with zero attached hydrogens (tertiary/aromatic N) is 1. The second-order valence-corrected chi connectivity index (χ2v) is 10.9. The van der Waals surface area contributed by atoms with Crippen molar-refractivity contribution in [3.8, 4) is 5.75 Å². The van der Waals surface area contributed by atoms with Gasteiger partial charge in [-0.15, -0.1) is 0 Å². The maximum absolute atomic E-state index is 13.0. The van der Waals surface area contributed by atoms with Crippen molar-refractivity contribution in [1.82, 2.24) is 10.3 Å². The Balaban J connectivity index is 3.21. The van der Waals surface area contributed by atoms with Crippen LogP contribution in [0.5, 0.6) is 5.75 Å². The first-order valence-corrected chi connectivity index (χ1v) is 10.9. The van der Waals surface area contributed by atoms with E-state index in [-0.39, 0.29) is 18.6 Å². The predicted octanol–water partition coefficient (Wildman–Crippen LogP) is 3.91. The van der Waals surface area contributed by atoms with E-state index >= 15 is 0 Å². The normalized spacial score (nSPS) is 14.1. The highest BCUT2D eigenvalue weighted by Crippen LogP contribution is 2.22. The fraction of sp³-hybridized carbons (Fsp3) is 0.667. The van der Waals surface area contributed by atoms with E-state index in [4.69, 9.17) is 14.2 Å². The molecular weight excluding hydrogens is 428 g/mol. The Morgan fingerprint density at radius 1 is 0.879 bits per heavy atom. The van der Waals surface area contributed by atoms with Gasteiger partial charge in [-0.3, -0.25) is 9.78 Å². The molecule has 0 bridgehead atoms. The third kappa shape index (κ3) is 12.1. The molecule has 9 nitrogen and oxygen atoms in total. The fourth-order valence-corrected chi connectivity index (χ4v) is 2.76. The number of amides is 1. The van der Waals surface area contributed by atoms with E-state index in [0.29, 0.717) is 5.69 Å². The molecule has 2 atom stereocenters. The molecular formula is C24H38N2O7. The smallest absolute Gasteiger partial charge is 0.408 e. The van der Waals surface area contributed by atoms with Crippen LogP contribution >= 0.6 is 0 Å². The number of rotatable bonds is 7. The second kappa shape index (κ2) is 10.9. The van der Waals surface area contributed by atoms with E-state index in [1.165, 1.54) is 12.3 Å². The zero-order chi connectivity index (χ0) is 25.6. The van der Waals surface area contributed by atoms with Gasteiger partial charge in [-0.2, -0.15) is 0 Å². The number of aromatic hydroxyl groups is 1. The molecule has 9 heteroatoms. The lowest BCUT2D eigenvalue weighted by atomic mass is 9.94. The molecule has 2 N–H and O–H groups in total. The van der Waals surface area contributed by atoms with E-state index in [1.807, 2.05) is 0 Å². The number of nitrogens with one attached hydrogen (secondary N) is 1. The van der Waals surface area contributed by atoms with Gasteiger partial charge in [-0.1, -0.05) is 0 Å². The zero-order valence-corrected chi connectivity index (χ0v) is 21.1. The molecule has 0 aliphatic heterocycles. The summed E-state index contributed by atoms with van der Waals surface area (Å²) in [4.78, 5) is 42.4. The minimum atomic E-state index is -1.16. The molecule has 0 aliphatic rings. The molecule has 1 heterocycles. The number of pyridine rings is 1. The van der Waals surface area contributed by atoms with Crippen molar-refractivity contribution < 1.29 is 33.7 Å². The molecule has 0 radical (unpaired) electrons. The number of carbonyl (C=O) groups is 3. The number of ether oxygens (including phenoxy) is 3. The molecule has 0 fully saturated rings. The van der Waals surface area contributed by atoms with Crippen LogP contribution in [0.25, 0.3) is 0 Å². The number of alkyl carbamates (subject to hydrolysis) is 1. The van der Waals surface area contributed by atoms with Crippen LogP contribution in [0.2, 0.25) is 0 Å². The highest BCUT2D eigenvalue weighted by Gasteiger charge is 2.35. The highest BCUT2D eigenvalue weighted by atomic mass is 16.6. The number of esters is 2. The Labute approximate surface area is 196 Å². The summed E-state index contributed by atoms with van der Waals surface area (Å²) in [5.74, 6) is -2.07. The van der Waals surface area contributed by atoms with Crippen LogP contribution in [0.15, 0.2) is 18.3 Å². The molecule has 1 aromatic heterocycles. The lowest BCUT2D eigenvalue weighted by Gasteiger charge is -2.29. The SMILES string of the molecule is CC(C)(C)OC(=O)N[C@@H](CC(Cc1ccc(O)cn1)C(=O)OC(C)(C)C)C(=O)OC(C)(C)C. The summed E-state index contributed by atoms with van der Waals surface area (Å²) in [5, 5.41) is 12.0. The van der Waals surface area contributed by atoms with Crippen LogP contribution in [-0.4, -0.2) is 51.0 Å². The third-order valence-electron chi connectivity index (χ3n) is 3.91. The van der Waals surface area contributed by atoms with Gasteiger partial charge in [0.05, 0.1) is 12.1 Å². The Bertz CT molecular complexity index is 815. The molecule has 0 saturated heterocycles. The van der Waals surface area contributed by atoms with Gasteiger partial charge in [0.25, 0.3) is 0 Å². The van der Waals surface area contributed by atoms with Crippen LogP contribution in [0, 0.1) is 5.92 Å². The van der Waals surface area contributed by atoms with E-state index in [1.54, 1.807) is 68.4 Å². The largest absolute Gasteiger partial charge is 0.506 e. The molecule has 0 aromatic carbocycles. The third-order valence-corrected chi connectivity index (χ3v) is 3.91. The number of carbonyl (C=O) groups excluding carboxylic acids is 3. The van der Waals surface area contributed by atoms with Crippen molar-refractivity contribution in [2.24, 2.45) is 5.92 Å². The first-order valence-electron chi connectivity index (χ1n) is 10.9. The Hall–Kier alpha value is -2.84. The summed E-state index contributed by atoms with van der Waals surface area (Å²) in [5.41, 5.74) is -1.81. The predicted molar refractivity (Wildman–Crippen MR) is 123 cm³/mol. The number of aromatic nitrogens is 1. The monoisotopic (exact) mass is 466 g/mol. The Kier molecular flexibility index (Phi) is 9.27. The summed E-state index contributed by atoms with van der Waals surface area (Å²) in [6, 6.07) is 1.88. The van der Waals surface area contributed by atoms with Crippen LogP contribution in [0.1, 0.15) is 74.4 Å². The van der Waals surface area contributed by atoms with Gasteiger partial charge in [0.1, 0.15) is 28.6 Å². The number of hydrogen-bond donors (Lipinski definition) is 2. The van der Waals surface area contributed by atoms with E-state index in [0.717, 1.165) is 0 Å². The summed E-state index contributed by atoms with van der Waals surface area (Å²) >= 11 is 0. The second-order valence-electron chi connectivity index (χ2n) is 10.9. The van der Waals surface area contributed by atoms with Crippen LogP contribution in [0.4, 0.5) is 4.79 Å². The van der Waals surface area contributed by atoms with E-state index < -0.39 is 46.8 Å². The average Bonchev–Trinajstić information content (AvgIpc) is 2.57. The van der Waals surface area contributed by atoms with Crippen molar-refractivity contribution in [3.63, 3.8) is 0 Å². The van der Waals surface area contributed by atoms with Gasteiger partial charge in [-0.05, 0) is 80.9 Å². The van der Waals surface area contributed by atoms with Crippen LogP contribution in [0.3, 0.4) is 0 Å². The van der Waals surface area contributed by atoms with Gasteiger partial charge in [0.2, 0.25) is 0 Å². The highest BCUT2D eigenvalue weighted by molar-refractivity contribution is 5.83. The molecule has 0 saturated carbocycles. The molecule has 186 valence electrons. The summed E-state index contributed by atoms with van der Waals surface area (Å²) in [6.45, 7) is 15.5. The topological polar surface area (TPSA) is 124 Å². The maximum atomic E-state index is 13.0. The first-order chi connectivity index (χ1) is 14.8. The van der Waals surface area contributed by atoms with Crippen molar-refractivity contribution >= 4 is 18.0 Å². The fourth-order valence-electron chi connectivity index (χ4n) is 2.76. The molecule has 0 aliphatic carbocycles. The van der Waals surface area contributed by atoms with Gasteiger partial charge in [-0.25, -0.2) is 9.59 Å². The summed E-state index contributed by atoms with van der Waals surface area (Å²) in [7, 11) is 0. The Morgan fingerprint density at radius 3 is 1.85 bits per heavy atom. The van der Waals surface area contributed by atoms with E-state index in [9.17, 15) is 19.5 Å². The van der Waals surface area contributed by atoms with Gasteiger partial charge in [0, 0.05) is 12.1 Å². The van der Waals surface area contributed by atoms with Gasteiger partial charge < -0.3 is 24.6 Å². The lowest BCUT2D eigenvalue weighted by molar-refractivity contribution is -0.162. The molecule has 1 unspecified atom stereocenters. The maximum Gasteiger partial charge on any atom is 0.408 e. The summed E-state index contributed by atoms with van der Waals surface area (Å²) in [6.07, 6.45) is 0.506. The standard InChI is InChI=1S/C24H38N2O7/c1-22(2,3)31-19(28)15(12-16-10-11-17(27)14-25-16)13-18(20(29)32-23(4,5)6)26-21(30)33-24(7,8)9/h10-11,14-15,18,27H,12-13H2,1-9H3,(H,26,30)/t15?,18-/m0/s1. The quantitative estimate of drug-likeness (QED) is 0.458. The van der Waals surface area contributed by atoms with Crippen LogP contribution in [-0.2, 0) is 30.2 Å². The van der Waals surface area contributed by atoms with Gasteiger partial charge >= 0.3 is 18.0 Å². The van der Waals surface area contributed by atoms with Crippen molar-refractivity contribution in [2.75, 3.05) is 0 Å². The molecule has 33 heavy (non-hydrogen) atoms. The van der Waals surface area contributed by atoms with E-state index in [2.05, 4.69) is 10.3 Å². The first kappa shape index (κ1) is 28.2.